The summed E-state index contributed by atoms with van der Waals surface area (Å²) in [6.07, 6.45) is 9.55. The normalized spacial score (nSPS) is 32.9. The summed E-state index contributed by atoms with van der Waals surface area (Å²) >= 11 is 0. The zero-order valence-electron chi connectivity index (χ0n) is 18.2. The quantitative estimate of drug-likeness (QED) is 0.688. The molecular formula is C26H23N3O4. The van der Waals surface area contributed by atoms with Gasteiger partial charge in [-0.1, -0.05) is 6.08 Å². The molecule has 0 spiro atoms. The number of fused-ring (bicyclic) bond motifs is 9. The Kier molecular flexibility index (Phi) is 3.99. The summed E-state index contributed by atoms with van der Waals surface area (Å²) in [6, 6.07) is 0. The minimum atomic E-state index is -0.876. The van der Waals surface area contributed by atoms with Crippen molar-refractivity contribution in [2.24, 2.45) is 20.9 Å². The summed E-state index contributed by atoms with van der Waals surface area (Å²) in [5, 5.41) is 22.7. The number of benzene rings is 1. The summed E-state index contributed by atoms with van der Waals surface area (Å²) < 4.78 is 6.20. The molecule has 1 fully saturated rings. The Labute approximate surface area is 189 Å². The second kappa shape index (κ2) is 6.76. The number of hydrogen-bond donors (Lipinski definition) is 2. The van der Waals surface area contributed by atoms with Gasteiger partial charge >= 0.3 is 0 Å². The van der Waals surface area contributed by atoms with Gasteiger partial charge in [-0.15, -0.1) is 0 Å². The van der Waals surface area contributed by atoms with Gasteiger partial charge in [0.1, 0.15) is 6.10 Å². The first-order chi connectivity index (χ1) is 16.0. The molecule has 1 aromatic carbocycles. The molecule has 0 aromatic heterocycles. The first-order valence-electron chi connectivity index (χ1n) is 11.6. The monoisotopic (exact) mass is 441 g/mol. The number of aliphatic hydroxyl groups excluding tert-OH is 2. The van der Waals surface area contributed by atoms with Crippen molar-refractivity contribution in [2.75, 3.05) is 0 Å². The summed E-state index contributed by atoms with van der Waals surface area (Å²) in [5.41, 5.74) is 7.50. The molecule has 1 aromatic rings. The molecule has 0 saturated carbocycles. The molecule has 7 nitrogen and oxygen atoms in total. The van der Waals surface area contributed by atoms with E-state index in [1.807, 2.05) is 12.4 Å². The SMILES string of the molecule is C[C@H]1O[C@@H](C2CC=CC3=Nc4c5c(c6c(c4=C32)=CN=C6)C2=CC(=O)CCC2=N5)C[C@H](O)[C@@H]1O. The van der Waals surface area contributed by atoms with Crippen molar-refractivity contribution in [3.63, 3.8) is 0 Å². The molecule has 2 aliphatic carbocycles. The molecule has 5 atom stereocenters. The van der Waals surface area contributed by atoms with E-state index in [2.05, 4.69) is 17.1 Å². The van der Waals surface area contributed by atoms with Crippen molar-refractivity contribution in [1.29, 1.82) is 0 Å². The number of nitrogens with zero attached hydrogens (tertiary/aromatic N) is 3. The van der Waals surface area contributed by atoms with Gasteiger partial charge in [-0.05, 0) is 37.5 Å². The van der Waals surface area contributed by atoms with Crippen LogP contribution < -0.4 is 10.4 Å². The van der Waals surface area contributed by atoms with Gasteiger partial charge in [-0.3, -0.25) is 9.79 Å². The highest BCUT2D eigenvalue weighted by Gasteiger charge is 2.42. The molecule has 6 aliphatic rings. The van der Waals surface area contributed by atoms with Gasteiger partial charge in [0.25, 0.3) is 0 Å². The minimum Gasteiger partial charge on any atom is -0.390 e. The fourth-order valence-corrected chi connectivity index (χ4v) is 6.09. The van der Waals surface area contributed by atoms with E-state index in [0.29, 0.717) is 19.3 Å². The van der Waals surface area contributed by atoms with Gasteiger partial charge in [0.05, 0.1) is 35.4 Å². The number of allylic oxidation sites excluding steroid dienone is 4. The van der Waals surface area contributed by atoms with Crippen LogP contribution in [0.5, 0.6) is 0 Å². The van der Waals surface area contributed by atoms with Gasteiger partial charge < -0.3 is 14.9 Å². The topological polar surface area (TPSA) is 104 Å². The molecule has 4 heterocycles. The smallest absolute Gasteiger partial charge is 0.156 e. The average Bonchev–Trinajstić information content (AvgIpc) is 3.50. The van der Waals surface area contributed by atoms with Crippen LogP contribution in [0.15, 0.2) is 33.2 Å². The van der Waals surface area contributed by atoms with Crippen LogP contribution in [-0.4, -0.2) is 58.1 Å². The predicted octanol–water partition coefficient (Wildman–Crippen LogP) is 1.40. The lowest BCUT2D eigenvalue weighted by Crippen LogP contribution is -2.50. The second-order valence-corrected chi connectivity index (χ2v) is 9.59. The molecule has 2 N–H and O–H groups in total. The number of aliphatic hydroxyl groups is 2. The fraction of sp³-hybridized carbons (Fsp3) is 0.385. The Morgan fingerprint density at radius 1 is 1.15 bits per heavy atom. The Bertz CT molecular complexity index is 1420. The maximum absolute atomic E-state index is 12.2. The molecule has 1 unspecified atom stereocenters. The Morgan fingerprint density at radius 3 is 2.88 bits per heavy atom. The molecule has 33 heavy (non-hydrogen) atoms. The van der Waals surface area contributed by atoms with E-state index in [0.717, 1.165) is 61.9 Å². The van der Waals surface area contributed by atoms with Crippen LogP contribution in [0.4, 0.5) is 11.4 Å². The summed E-state index contributed by atoms with van der Waals surface area (Å²) in [5.74, 6) is 0.138. The van der Waals surface area contributed by atoms with Crippen LogP contribution in [0, 0.1) is 5.92 Å². The van der Waals surface area contributed by atoms with Gasteiger partial charge in [0.2, 0.25) is 0 Å². The molecule has 4 aliphatic heterocycles. The van der Waals surface area contributed by atoms with E-state index >= 15 is 0 Å². The summed E-state index contributed by atoms with van der Waals surface area (Å²) in [4.78, 5) is 26.6. The van der Waals surface area contributed by atoms with Crippen molar-refractivity contribution in [3.8, 4) is 0 Å². The summed E-state index contributed by atoms with van der Waals surface area (Å²) in [6.45, 7) is 1.81. The van der Waals surface area contributed by atoms with Crippen LogP contribution in [0.25, 0.3) is 17.3 Å². The predicted molar refractivity (Wildman–Crippen MR) is 126 cm³/mol. The van der Waals surface area contributed by atoms with Crippen molar-refractivity contribution in [3.05, 3.63) is 39.8 Å². The van der Waals surface area contributed by atoms with Crippen molar-refractivity contribution in [1.82, 2.24) is 0 Å². The Balaban J connectivity index is 1.48. The maximum atomic E-state index is 12.2. The standard InChI is InChI=1S/C26H23N3O4/c1-11-26(32)19(31)8-20(33-11)13-3-2-4-18-22(13)23-16-10-27-9-15(16)21-14-7-12(30)5-6-17(14)28-24(21)25(23)29-18/h2,4,7,9-11,13,19-20,26,31-32H,3,5-6,8H2,1H3/t11-,13?,19+,20-,26-/m1/s1. The number of carbonyl (C=O) groups excluding carboxylic acids is 1. The van der Waals surface area contributed by atoms with Crippen molar-refractivity contribution < 1.29 is 19.7 Å². The van der Waals surface area contributed by atoms with Crippen LogP contribution in [-0.2, 0) is 9.53 Å². The van der Waals surface area contributed by atoms with E-state index in [-0.39, 0.29) is 17.8 Å². The number of hydrogen-bond acceptors (Lipinski definition) is 7. The first kappa shape index (κ1) is 19.5. The fourth-order valence-electron chi connectivity index (χ4n) is 6.09. The lowest BCUT2D eigenvalue weighted by molar-refractivity contribution is -0.169. The third-order valence-corrected chi connectivity index (χ3v) is 7.68. The van der Waals surface area contributed by atoms with Gasteiger partial charge in [0, 0.05) is 64.0 Å². The van der Waals surface area contributed by atoms with E-state index < -0.39 is 18.3 Å². The van der Waals surface area contributed by atoms with E-state index in [1.54, 1.807) is 13.0 Å². The van der Waals surface area contributed by atoms with Gasteiger partial charge in [-0.2, -0.15) is 0 Å². The third kappa shape index (κ3) is 2.61. The van der Waals surface area contributed by atoms with Crippen LogP contribution in [0.2, 0.25) is 0 Å². The molecule has 7 heteroatoms. The van der Waals surface area contributed by atoms with E-state index in [4.69, 9.17) is 14.7 Å². The molecule has 0 amide bonds. The molecule has 1 saturated heterocycles. The number of ketones is 1. The number of rotatable bonds is 1. The van der Waals surface area contributed by atoms with E-state index in [1.165, 1.54) is 0 Å². The molecular weight excluding hydrogens is 418 g/mol. The van der Waals surface area contributed by atoms with E-state index in [9.17, 15) is 15.0 Å². The Hall–Kier alpha value is -3.00. The number of aliphatic imine (C=N–C) groups is 3. The minimum absolute atomic E-state index is 0.00729. The van der Waals surface area contributed by atoms with Crippen molar-refractivity contribution in [2.45, 2.75) is 57.0 Å². The number of ether oxygens (including phenoxy) is 1. The molecule has 0 radical (unpaired) electrons. The average molecular weight is 441 g/mol. The highest BCUT2D eigenvalue weighted by Crippen LogP contribution is 2.46. The Morgan fingerprint density at radius 2 is 2.03 bits per heavy atom. The number of carbonyl (C=O) groups is 1. The first-order valence-corrected chi connectivity index (χ1v) is 11.6. The lowest BCUT2D eigenvalue weighted by Gasteiger charge is -2.40. The molecule has 7 rings (SSSR count). The largest absolute Gasteiger partial charge is 0.390 e. The van der Waals surface area contributed by atoms with Crippen LogP contribution in [0.3, 0.4) is 0 Å². The zero-order valence-corrected chi connectivity index (χ0v) is 18.2. The van der Waals surface area contributed by atoms with Gasteiger partial charge in [-0.25, -0.2) is 9.98 Å². The van der Waals surface area contributed by atoms with Crippen molar-refractivity contribution >= 4 is 52.1 Å². The van der Waals surface area contributed by atoms with Gasteiger partial charge in [0.15, 0.2) is 5.78 Å². The summed E-state index contributed by atoms with van der Waals surface area (Å²) in [7, 11) is 0. The van der Waals surface area contributed by atoms with Crippen LogP contribution in [0.1, 0.15) is 43.7 Å². The molecule has 0 bridgehead atoms. The highest BCUT2D eigenvalue weighted by molar-refractivity contribution is 6.37. The zero-order chi connectivity index (χ0) is 22.4. The molecule has 166 valence electrons. The lowest BCUT2D eigenvalue weighted by atomic mass is 9.78. The second-order valence-electron chi connectivity index (χ2n) is 9.59. The third-order valence-electron chi connectivity index (χ3n) is 7.68. The maximum Gasteiger partial charge on any atom is 0.156 e. The highest BCUT2D eigenvalue weighted by atomic mass is 16.5. The van der Waals surface area contributed by atoms with Crippen LogP contribution >= 0.6 is 0 Å².